The third-order valence-electron chi connectivity index (χ3n) is 2.47. The average molecular weight is 190 g/mol. The van der Waals surface area contributed by atoms with Crippen molar-refractivity contribution in [2.24, 2.45) is 7.05 Å². The average Bonchev–Trinajstić information content (AvgIpc) is 2.59. The molecular weight excluding hydrogens is 176 g/mol. The molecule has 0 unspecified atom stereocenters. The van der Waals surface area contributed by atoms with Gasteiger partial charge in [0.1, 0.15) is 0 Å². The molecule has 1 aromatic heterocycles. The summed E-state index contributed by atoms with van der Waals surface area (Å²) in [5.74, 6) is 0. The Morgan fingerprint density at radius 2 is 2.14 bits per heavy atom. The number of nitrogens with zero attached hydrogens (tertiary/aromatic N) is 2. The van der Waals surface area contributed by atoms with Crippen LogP contribution in [-0.4, -0.2) is 16.3 Å². The van der Waals surface area contributed by atoms with Crippen LogP contribution < -0.4 is 5.06 Å². The van der Waals surface area contributed by atoms with Crippen LogP contribution in [0.3, 0.4) is 0 Å². The standard InChI is InChI=1S/C11H14N2O/c1-3-13(14)10-5-4-9-6-7-12(2)11(9)8-10/h4-8,14H,3H2,1-2H3. The van der Waals surface area contributed by atoms with Crippen molar-refractivity contribution < 1.29 is 5.21 Å². The molecule has 0 atom stereocenters. The van der Waals surface area contributed by atoms with E-state index in [1.165, 1.54) is 10.4 Å². The van der Waals surface area contributed by atoms with Crippen molar-refractivity contribution >= 4 is 16.6 Å². The monoisotopic (exact) mass is 190 g/mol. The summed E-state index contributed by atoms with van der Waals surface area (Å²) in [5.41, 5.74) is 1.97. The second kappa shape index (κ2) is 3.35. The molecule has 1 heterocycles. The fourth-order valence-electron chi connectivity index (χ4n) is 1.59. The molecule has 14 heavy (non-hydrogen) atoms. The molecule has 3 nitrogen and oxygen atoms in total. The summed E-state index contributed by atoms with van der Waals surface area (Å²) in [6.45, 7) is 2.51. The first-order valence-electron chi connectivity index (χ1n) is 4.74. The van der Waals surface area contributed by atoms with E-state index in [-0.39, 0.29) is 0 Å². The summed E-state index contributed by atoms with van der Waals surface area (Å²) in [7, 11) is 2.00. The lowest BCUT2D eigenvalue weighted by Crippen LogP contribution is -2.16. The fourth-order valence-corrected chi connectivity index (χ4v) is 1.59. The van der Waals surface area contributed by atoms with E-state index in [9.17, 15) is 5.21 Å². The topological polar surface area (TPSA) is 28.4 Å². The van der Waals surface area contributed by atoms with Gasteiger partial charge in [0, 0.05) is 25.3 Å². The highest BCUT2D eigenvalue weighted by atomic mass is 16.5. The Bertz CT molecular complexity index is 447. The van der Waals surface area contributed by atoms with Crippen LogP contribution in [0.15, 0.2) is 30.5 Å². The number of aromatic nitrogens is 1. The second-order valence-corrected chi connectivity index (χ2v) is 3.39. The molecule has 1 N–H and O–H groups in total. The molecule has 0 amide bonds. The van der Waals surface area contributed by atoms with Crippen LogP contribution >= 0.6 is 0 Å². The van der Waals surface area contributed by atoms with Crippen molar-refractivity contribution in [2.75, 3.05) is 11.6 Å². The number of fused-ring (bicyclic) bond motifs is 1. The van der Waals surface area contributed by atoms with E-state index < -0.39 is 0 Å². The fraction of sp³-hybridized carbons (Fsp3) is 0.273. The number of anilines is 1. The van der Waals surface area contributed by atoms with Gasteiger partial charge in [0.2, 0.25) is 0 Å². The first kappa shape index (κ1) is 9.09. The van der Waals surface area contributed by atoms with Crippen LogP contribution in [0.1, 0.15) is 6.92 Å². The van der Waals surface area contributed by atoms with E-state index in [4.69, 9.17) is 0 Å². The predicted molar refractivity (Wildman–Crippen MR) is 57.7 cm³/mol. The Labute approximate surface area is 83.1 Å². The van der Waals surface area contributed by atoms with E-state index in [0.29, 0.717) is 6.54 Å². The molecule has 0 radical (unpaired) electrons. The van der Waals surface area contributed by atoms with Crippen LogP contribution in [0, 0.1) is 0 Å². The third-order valence-corrected chi connectivity index (χ3v) is 2.47. The van der Waals surface area contributed by atoms with Crippen molar-refractivity contribution in [3.8, 4) is 0 Å². The summed E-state index contributed by atoms with van der Waals surface area (Å²) in [4.78, 5) is 0. The zero-order valence-electron chi connectivity index (χ0n) is 8.44. The quantitative estimate of drug-likeness (QED) is 0.736. The minimum absolute atomic E-state index is 0.593. The molecule has 1 aromatic carbocycles. The first-order valence-corrected chi connectivity index (χ1v) is 4.74. The molecule has 2 rings (SSSR count). The largest absolute Gasteiger partial charge is 0.350 e. The summed E-state index contributed by atoms with van der Waals surface area (Å²) < 4.78 is 2.04. The van der Waals surface area contributed by atoms with Gasteiger partial charge in [-0.2, -0.15) is 0 Å². The van der Waals surface area contributed by atoms with Crippen molar-refractivity contribution in [1.29, 1.82) is 0 Å². The third kappa shape index (κ3) is 1.36. The number of aryl methyl sites for hydroxylation is 1. The highest BCUT2D eigenvalue weighted by molar-refractivity contribution is 5.83. The van der Waals surface area contributed by atoms with E-state index in [2.05, 4.69) is 6.07 Å². The van der Waals surface area contributed by atoms with Crippen LogP contribution in [0.2, 0.25) is 0 Å². The van der Waals surface area contributed by atoms with Gasteiger partial charge in [-0.25, -0.2) is 0 Å². The predicted octanol–water partition coefficient (Wildman–Crippen LogP) is 2.39. The molecule has 74 valence electrons. The van der Waals surface area contributed by atoms with Gasteiger partial charge in [0.15, 0.2) is 0 Å². The molecule has 2 aromatic rings. The van der Waals surface area contributed by atoms with Gasteiger partial charge in [-0.1, -0.05) is 6.07 Å². The lowest BCUT2D eigenvalue weighted by Gasteiger charge is -2.14. The molecule has 0 aliphatic rings. The Morgan fingerprint density at radius 1 is 1.36 bits per heavy atom. The maximum Gasteiger partial charge on any atom is 0.0655 e. The lowest BCUT2D eigenvalue weighted by atomic mass is 10.2. The van der Waals surface area contributed by atoms with Crippen LogP contribution in [0.4, 0.5) is 5.69 Å². The van der Waals surface area contributed by atoms with E-state index >= 15 is 0 Å². The Morgan fingerprint density at radius 3 is 2.86 bits per heavy atom. The number of rotatable bonds is 2. The highest BCUT2D eigenvalue weighted by Gasteiger charge is 2.03. The Hall–Kier alpha value is -1.48. The van der Waals surface area contributed by atoms with Crippen molar-refractivity contribution in [3.63, 3.8) is 0 Å². The summed E-state index contributed by atoms with van der Waals surface area (Å²) >= 11 is 0. The van der Waals surface area contributed by atoms with Gasteiger partial charge in [-0.15, -0.1) is 0 Å². The minimum Gasteiger partial charge on any atom is -0.350 e. The van der Waals surface area contributed by atoms with E-state index in [1.807, 2.05) is 42.9 Å². The smallest absolute Gasteiger partial charge is 0.0655 e. The molecule has 0 fully saturated rings. The lowest BCUT2D eigenvalue weighted by molar-refractivity contribution is 0.260. The maximum absolute atomic E-state index is 9.54. The van der Waals surface area contributed by atoms with Crippen LogP contribution in [0.5, 0.6) is 0 Å². The van der Waals surface area contributed by atoms with Crippen molar-refractivity contribution in [2.45, 2.75) is 6.92 Å². The zero-order chi connectivity index (χ0) is 10.1. The molecule has 0 saturated heterocycles. The maximum atomic E-state index is 9.54. The molecule has 3 heteroatoms. The summed E-state index contributed by atoms with van der Waals surface area (Å²) in [6.07, 6.45) is 2.02. The Kier molecular flexibility index (Phi) is 2.17. The molecule has 0 spiro atoms. The molecule has 0 aliphatic carbocycles. The molecule has 0 aliphatic heterocycles. The van der Waals surface area contributed by atoms with E-state index in [0.717, 1.165) is 11.2 Å². The SMILES string of the molecule is CCN(O)c1ccc2ccn(C)c2c1. The van der Waals surface area contributed by atoms with Gasteiger partial charge in [0.05, 0.1) is 5.69 Å². The molecule has 0 bridgehead atoms. The molecule has 0 saturated carbocycles. The van der Waals surface area contributed by atoms with Gasteiger partial charge in [0.25, 0.3) is 0 Å². The number of hydroxylamine groups is 1. The van der Waals surface area contributed by atoms with Crippen molar-refractivity contribution in [1.82, 2.24) is 4.57 Å². The van der Waals surface area contributed by atoms with Gasteiger partial charge in [-0.3, -0.25) is 10.3 Å². The van der Waals surface area contributed by atoms with Crippen LogP contribution in [-0.2, 0) is 7.05 Å². The highest BCUT2D eigenvalue weighted by Crippen LogP contribution is 2.21. The normalized spacial score (nSPS) is 10.8. The van der Waals surface area contributed by atoms with Gasteiger partial charge >= 0.3 is 0 Å². The van der Waals surface area contributed by atoms with Gasteiger partial charge in [-0.05, 0) is 30.5 Å². The molecular formula is C11H14N2O. The Balaban J connectivity index is 2.54. The second-order valence-electron chi connectivity index (χ2n) is 3.39. The van der Waals surface area contributed by atoms with Crippen molar-refractivity contribution in [3.05, 3.63) is 30.5 Å². The zero-order valence-corrected chi connectivity index (χ0v) is 8.44. The minimum atomic E-state index is 0.593. The van der Waals surface area contributed by atoms with E-state index in [1.54, 1.807) is 0 Å². The van der Waals surface area contributed by atoms with Gasteiger partial charge < -0.3 is 4.57 Å². The number of hydrogen-bond acceptors (Lipinski definition) is 2. The first-order chi connectivity index (χ1) is 6.72. The summed E-state index contributed by atoms with van der Waals surface area (Å²) in [6, 6.07) is 7.99. The van der Waals surface area contributed by atoms with Crippen LogP contribution in [0.25, 0.3) is 10.9 Å². The number of hydrogen-bond donors (Lipinski definition) is 1. The summed E-state index contributed by atoms with van der Waals surface area (Å²) in [5, 5.41) is 12.0. The number of benzene rings is 1.